The van der Waals surface area contributed by atoms with Gasteiger partial charge in [0.05, 0.1) is 12.2 Å². The monoisotopic (exact) mass is 323 g/mol. The minimum atomic E-state index is -0.395. The number of ether oxygens (including phenoxy) is 1. The number of halogens is 1. The summed E-state index contributed by atoms with van der Waals surface area (Å²) in [4.78, 5) is 16.1. The van der Waals surface area contributed by atoms with Gasteiger partial charge in [-0.3, -0.25) is 0 Å². The van der Waals surface area contributed by atoms with Gasteiger partial charge in [-0.15, -0.1) is 0 Å². The molecular formula is C13H14BrN3O2. The third kappa shape index (κ3) is 3.35. The van der Waals surface area contributed by atoms with Crippen molar-refractivity contribution >= 4 is 27.6 Å². The van der Waals surface area contributed by atoms with Gasteiger partial charge in [0.15, 0.2) is 0 Å². The molecule has 0 aliphatic rings. The molecule has 0 unspecified atom stereocenters. The Hall–Kier alpha value is -1.82. The number of nitrogens with zero attached hydrogens (tertiary/aromatic N) is 2. The number of aromatic nitrogens is 2. The number of nitrogens with two attached hydrogens (primary N) is 1. The quantitative estimate of drug-likeness (QED) is 0.691. The van der Waals surface area contributed by atoms with Crippen LogP contribution < -0.4 is 5.73 Å². The topological polar surface area (TPSA) is 70.1 Å². The second-order valence-corrected chi connectivity index (χ2v) is 4.93. The first kappa shape index (κ1) is 13.6. The van der Waals surface area contributed by atoms with Gasteiger partial charge in [-0.1, -0.05) is 0 Å². The fourth-order valence-electron chi connectivity index (χ4n) is 1.65. The van der Waals surface area contributed by atoms with Gasteiger partial charge in [-0.05, 0) is 34.1 Å². The molecule has 2 aromatic rings. The summed E-state index contributed by atoms with van der Waals surface area (Å²) >= 11 is 3.30. The van der Waals surface area contributed by atoms with E-state index in [1.165, 1.54) is 0 Å². The molecule has 2 rings (SSSR count). The molecule has 0 aliphatic carbocycles. The number of carbonyl (C=O) groups is 1. The minimum absolute atomic E-state index is 0.283. The van der Waals surface area contributed by atoms with E-state index in [1.54, 1.807) is 24.4 Å². The minimum Gasteiger partial charge on any atom is -0.462 e. The van der Waals surface area contributed by atoms with Crippen molar-refractivity contribution in [3.05, 3.63) is 46.5 Å². The van der Waals surface area contributed by atoms with E-state index >= 15 is 0 Å². The van der Waals surface area contributed by atoms with Crippen molar-refractivity contribution in [2.24, 2.45) is 7.05 Å². The lowest BCUT2D eigenvalue weighted by molar-refractivity contribution is 0.0506. The number of carbonyl (C=O) groups excluding carboxylic acids is 1. The average molecular weight is 324 g/mol. The number of esters is 1. The first-order valence-corrected chi connectivity index (χ1v) is 6.55. The standard InChI is InChI=1S/C13H14BrN3O2/c1-17-6-5-16-12(17)4-7-19-13(18)10-8-9(15)2-3-11(10)14/h2-3,5-6,8H,4,7,15H2,1H3. The molecule has 0 atom stereocenters. The van der Waals surface area contributed by atoms with Crippen LogP contribution in [0.3, 0.4) is 0 Å². The van der Waals surface area contributed by atoms with E-state index in [0.29, 0.717) is 22.1 Å². The maximum absolute atomic E-state index is 11.9. The molecule has 5 nitrogen and oxygen atoms in total. The lowest BCUT2D eigenvalue weighted by Gasteiger charge is -2.07. The van der Waals surface area contributed by atoms with Gasteiger partial charge >= 0.3 is 5.97 Å². The summed E-state index contributed by atoms with van der Waals surface area (Å²) in [6.07, 6.45) is 4.15. The van der Waals surface area contributed by atoms with Crippen LogP contribution in [0, 0.1) is 0 Å². The first-order chi connectivity index (χ1) is 9.08. The van der Waals surface area contributed by atoms with Gasteiger partial charge in [0, 0.05) is 36.0 Å². The van der Waals surface area contributed by atoms with Crippen LogP contribution in [0.4, 0.5) is 5.69 Å². The fraction of sp³-hybridized carbons (Fsp3) is 0.231. The zero-order valence-electron chi connectivity index (χ0n) is 10.5. The number of hydrogen-bond donors (Lipinski definition) is 1. The molecule has 1 aromatic carbocycles. The molecule has 1 aromatic heterocycles. The van der Waals surface area contributed by atoms with Crippen molar-refractivity contribution in [2.45, 2.75) is 6.42 Å². The van der Waals surface area contributed by atoms with E-state index in [2.05, 4.69) is 20.9 Å². The SMILES string of the molecule is Cn1ccnc1CCOC(=O)c1cc(N)ccc1Br. The molecule has 0 aliphatic heterocycles. The van der Waals surface area contributed by atoms with Crippen molar-refractivity contribution in [1.82, 2.24) is 9.55 Å². The van der Waals surface area contributed by atoms with E-state index in [1.807, 2.05) is 17.8 Å². The molecule has 1 heterocycles. The summed E-state index contributed by atoms with van der Waals surface area (Å²) in [6, 6.07) is 5.03. The van der Waals surface area contributed by atoms with E-state index in [-0.39, 0.29) is 6.61 Å². The van der Waals surface area contributed by atoms with E-state index in [0.717, 1.165) is 5.82 Å². The van der Waals surface area contributed by atoms with Crippen LogP contribution in [0.2, 0.25) is 0 Å². The smallest absolute Gasteiger partial charge is 0.339 e. The maximum atomic E-state index is 11.9. The molecule has 100 valence electrons. The summed E-state index contributed by atoms with van der Waals surface area (Å²) in [5.74, 6) is 0.479. The average Bonchev–Trinajstić information content (AvgIpc) is 2.78. The van der Waals surface area contributed by atoms with Crippen LogP contribution >= 0.6 is 15.9 Å². The first-order valence-electron chi connectivity index (χ1n) is 5.76. The molecular weight excluding hydrogens is 310 g/mol. The number of benzene rings is 1. The highest BCUT2D eigenvalue weighted by Crippen LogP contribution is 2.20. The Morgan fingerprint density at radius 3 is 3.00 bits per heavy atom. The normalized spacial score (nSPS) is 10.4. The number of aryl methyl sites for hydroxylation is 1. The molecule has 0 fully saturated rings. The Kier molecular flexibility index (Phi) is 4.21. The Bertz CT molecular complexity index is 595. The summed E-state index contributed by atoms with van der Waals surface area (Å²) in [5.41, 5.74) is 6.61. The molecule has 0 spiro atoms. The van der Waals surface area contributed by atoms with Crippen LogP contribution in [0.1, 0.15) is 16.2 Å². The van der Waals surface area contributed by atoms with Crippen molar-refractivity contribution in [3.8, 4) is 0 Å². The Morgan fingerprint density at radius 1 is 1.53 bits per heavy atom. The number of anilines is 1. The second-order valence-electron chi connectivity index (χ2n) is 4.08. The summed E-state index contributed by atoms with van der Waals surface area (Å²) in [6.45, 7) is 0.283. The fourth-order valence-corrected chi connectivity index (χ4v) is 2.06. The Balaban J connectivity index is 1.94. The van der Waals surface area contributed by atoms with Crippen molar-refractivity contribution in [2.75, 3.05) is 12.3 Å². The Morgan fingerprint density at radius 2 is 2.32 bits per heavy atom. The van der Waals surface area contributed by atoms with Gasteiger partial charge < -0.3 is 15.0 Å². The third-order valence-corrected chi connectivity index (χ3v) is 3.38. The number of imidazole rings is 1. The molecule has 6 heteroatoms. The molecule has 2 N–H and O–H groups in total. The lowest BCUT2D eigenvalue weighted by Crippen LogP contribution is -2.11. The molecule has 0 saturated carbocycles. The largest absolute Gasteiger partial charge is 0.462 e. The Labute approximate surface area is 119 Å². The lowest BCUT2D eigenvalue weighted by atomic mass is 10.2. The molecule has 0 radical (unpaired) electrons. The predicted molar refractivity (Wildman–Crippen MR) is 75.7 cm³/mol. The van der Waals surface area contributed by atoms with Crippen LogP contribution in [0.15, 0.2) is 35.1 Å². The highest BCUT2D eigenvalue weighted by molar-refractivity contribution is 9.10. The molecule has 0 saturated heterocycles. The highest BCUT2D eigenvalue weighted by Gasteiger charge is 2.12. The van der Waals surface area contributed by atoms with Gasteiger partial charge in [-0.25, -0.2) is 9.78 Å². The highest BCUT2D eigenvalue weighted by atomic mass is 79.9. The number of rotatable bonds is 4. The molecule has 0 bridgehead atoms. The van der Waals surface area contributed by atoms with Gasteiger partial charge in [0.1, 0.15) is 5.82 Å². The summed E-state index contributed by atoms with van der Waals surface area (Å²) in [7, 11) is 1.90. The van der Waals surface area contributed by atoms with Crippen molar-refractivity contribution in [3.63, 3.8) is 0 Å². The molecule has 19 heavy (non-hydrogen) atoms. The van der Waals surface area contributed by atoms with Crippen molar-refractivity contribution in [1.29, 1.82) is 0 Å². The van der Waals surface area contributed by atoms with Gasteiger partial charge in [0.25, 0.3) is 0 Å². The summed E-state index contributed by atoms with van der Waals surface area (Å²) in [5, 5.41) is 0. The maximum Gasteiger partial charge on any atom is 0.339 e. The van der Waals surface area contributed by atoms with Crippen LogP contribution in [-0.4, -0.2) is 22.1 Å². The summed E-state index contributed by atoms with van der Waals surface area (Å²) < 4.78 is 7.78. The zero-order valence-corrected chi connectivity index (χ0v) is 12.1. The number of hydrogen-bond acceptors (Lipinski definition) is 4. The van der Waals surface area contributed by atoms with E-state index < -0.39 is 5.97 Å². The van der Waals surface area contributed by atoms with Crippen LogP contribution in [0.5, 0.6) is 0 Å². The van der Waals surface area contributed by atoms with Gasteiger partial charge in [0.2, 0.25) is 0 Å². The zero-order chi connectivity index (χ0) is 13.8. The predicted octanol–water partition coefficient (Wildman–Crippen LogP) is 2.16. The van der Waals surface area contributed by atoms with E-state index in [9.17, 15) is 4.79 Å². The van der Waals surface area contributed by atoms with Crippen molar-refractivity contribution < 1.29 is 9.53 Å². The van der Waals surface area contributed by atoms with E-state index in [4.69, 9.17) is 10.5 Å². The molecule has 0 amide bonds. The van der Waals surface area contributed by atoms with Gasteiger partial charge in [-0.2, -0.15) is 0 Å². The second kappa shape index (κ2) is 5.88. The number of nitrogen functional groups attached to an aromatic ring is 1. The third-order valence-electron chi connectivity index (χ3n) is 2.69. The van der Waals surface area contributed by atoms with Crippen LogP contribution in [-0.2, 0) is 18.2 Å². The van der Waals surface area contributed by atoms with Crippen LogP contribution in [0.25, 0.3) is 0 Å².